The minimum atomic E-state index is -1.46. The van der Waals surface area contributed by atoms with Crippen molar-refractivity contribution in [3.8, 4) is 0 Å². The van der Waals surface area contributed by atoms with Gasteiger partial charge in [-0.2, -0.15) is 0 Å². The van der Waals surface area contributed by atoms with Gasteiger partial charge in [-0.25, -0.2) is 13.6 Å². The minimum Gasteiger partial charge on any atom is -0.338 e. The first kappa shape index (κ1) is 14.8. The predicted molar refractivity (Wildman–Crippen MR) is 64.9 cm³/mol. The number of nitro benzene ring substituents is 1. The molecule has 0 aliphatic heterocycles. The van der Waals surface area contributed by atoms with Crippen LogP contribution in [0.15, 0.2) is 12.1 Å². The van der Waals surface area contributed by atoms with Gasteiger partial charge in [-0.1, -0.05) is 13.3 Å². The largest absolute Gasteiger partial charge is 0.338 e. The van der Waals surface area contributed by atoms with Gasteiger partial charge >= 0.3 is 6.03 Å². The Labute approximate surface area is 108 Å². The lowest BCUT2D eigenvalue weighted by Gasteiger charge is -2.08. The molecule has 0 unspecified atom stereocenters. The third kappa shape index (κ3) is 3.87. The molecule has 0 saturated carbocycles. The fourth-order valence-corrected chi connectivity index (χ4v) is 1.35. The maximum absolute atomic E-state index is 13.4. The van der Waals surface area contributed by atoms with Crippen molar-refractivity contribution < 1.29 is 18.5 Å². The molecule has 2 amide bonds. The number of halogens is 2. The molecule has 0 radical (unpaired) electrons. The number of anilines is 1. The molecule has 0 aromatic heterocycles. The third-order valence-corrected chi connectivity index (χ3v) is 2.32. The second-order valence-corrected chi connectivity index (χ2v) is 3.75. The summed E-state index contributed by atoms with van der Waals surface area (Å²) in [6.07, 6.45) is 1.55. The molecule has 2 N–H and O–H groups in total. The molecule has 0 bridgehead atoms. The number of nitrogens with zero attached hydrogens (tertiary/aromatic N) is 1. The number of carbonyl (C=O) groups is 1. The van der Waals surface area contributed by atoms with Crippen molar-refractivity contribution in [3.05, 3.63) is 33.9 Å². The summed E-state index contributed by atoms with van der Waals surface area (Å²) in [5.74, 6) is -2.73. The monoisotopic (exact) mass is 273 g/mol. The van der Waals surface area contributed by atoms with Crippen molar-refractivity contribution in [2.24, 2.45) is 0 Å². The highest BCUT2D eigenvalue weighted by atomic mass is 19.2. The van der Waals surface area contributed by atoms with E-state index in [4.69, 9.17) is 0 Å². The lowest BCUT2D eigenvalue weighted by molar-refractivity contribution is -0.384. The van der Waals surface area contributed by atoms with Gasteiger partial charge in [0.2, 0.25) is 0 Å². The maximum Gasteiger partial charge on any atom is 0.319 e. The maximum atomic E-state index is 13.4. The lowest BCUT2D eigenvalue weighted by atomic mass is 10.2. The zero-order valence-corrected chi connectivity index (χ0v) is 10.2. The van der Waals surface area contributed by atoms with E-state index in [0.717, 1.165) is 12.5 Å². The number of unbranched alkanes of at least 4 members (excludes halogenated alkanes) is 1. The van der Waals surface area contributed by atoms with Crippen molar-refractivity contribution in [1.29, 1.82) is 0 Å². The smallest absolute Gasteiger partial charge is 0.319 e. The van der Waals surface area contributed by atoms with Gasteiger partial charge in [-0.15, -0.1) is 0 Å². The zero-order chi connectivity index (χ0) is 14.4. The quantitative estimate of drug-likeness (QED) is 0.491. The summed E-state index contributed by atoms with van der Waals surface area (Å²) in [4.78, 5) is 21.2. The molecule has 19 heavy (non-hydrogen) atoms. The Morgan fingerprint density at radius 2 is 2.11 bits per heavy atom. The van der Waals surface area contributed by atoms with Gasteiger partial charge in [0.15, 0.2) is 17.3 Å². The fraction of sp³-hybridized carbons (Fsp3) is 0.364. The number of nitro groups is 1. The van der Waals surface area contributed by atoms with E-state index < -0.39 is 34.0 Å². The van der Waals surface area contributed by atoms with E-state index in [-0.39, 0.29) is 0 Å². The van der Waals surface area contributed by atoms with Crippen LogP contribution < -0.4 is 10.6 Å². The summed E-state index contributed by atoms with van der Waals surface area (Å²) < 4.78 is 26.5. The van der Waals surface area contributed by atoms with Gasteiger partial charge in [0.1, 0.15) is 0 Å². The first-order chi connectivity index (χ1) is 8.97. The average molecular weight is 273 g/mol. The van der Waals surface area contributed by atoms with Crippen molar-refractivity contribution >= 4 is 17.4 Å². The third-order valence-electron chi connectivity index (χ3n) is 2.32. The molecule has 8 heteroatoms. The number of carbonyl (C=O) groups excluding carboxylic acids is 1. The van der Waals surface area contributed by atoms with E-state index in [1.165, 1.54) is 0 Å². The van der Waals surface area contributed by atoms with Gasteiger partial charge in [-0.05, 0) is 12.5 Å². The molecule has 1 rings (SSSR count). The molecule has 1 aromatic carbocycles. The summed E-state index contributed by atoms with van der Waals surface area (Å²) in [5.41, 5.74) is -1.48. The van der Waals surface area contributed by atoms with E-state index in [9.17, 15) is 23.7 Å². The first-order valence-electron chi connectivity index (χ1n) is 5.64. The summed E-state index contributed by atoms with van der Waals surface area (Å²) >= 11 is 0. The van der Waals surface area contributed by atoms with Crippen LogP contribution in [0.5, 0.6) is 0 Å². The van der Waals surface area contributed by atoms with Crippen LogP contribution in [0.4, 0.5) is 25.0 Å². The van der Waals surface area contributed by atoms with Gasteiger partial charge in [0.05, 0.1) is 4.92 Å². The number of hydrogen-bond acceptors (Lipinski definition) is 3. The van der Waals surface area contributed by atoms with Crippen molar-refractivity contribution in [1.82, 2.24) is 5.32 Å². The van der Waals surface area contributed by atoms with Crippen LogP contribution in [0.25, 0.3) is 0 Å². The Morgan fingerprint density at radius 1 is 1.42 bits per heavy atom. The second kappa shape index (κ2) is 6.62. The second-order valence-electron chi connectivity index (χ2n) is 3.75. The summed E-state index contributed by atoms with van der Waals surface area (Å²) in [7, 11) is 0. The molecule has 0 heterocycles. The van der Waals surface area contributed by atoms with E-state index in [1.54, 1.807) is 0 Å². The SMILES string of the molecule is CCCCNC(=O)Nc1c([N+](=O)[O-])ccc(F)c1F. The Balaban J connectivity index is 2.89. The van der Waals surface area contributed by atoms with Gasteiger partial charge in [-0.3, -0.25) is 15.4 Å². The Kier molecular flexibility index (Phi) is 5.16. The molecule has 1 aromatic rings. The molecule has 0 fully saturated rings. The molecule has 0 aliphatic carbocycles. The topological polar surface area (TPSA) is 84.3 Å². The van der Waals surface area contributed by atoms with Crippen LogP contribution in [-0.2, 0) is 0 Å². The first-order valence-corrected chi connectivity index (χ1v) is 5.64. The Bertz CT molecular complexity index is 494. The standard InChI is InChI=1S/C11H13F2N3O3/c1-2-3-6-14-11(17)15-10-8(16(18)19)5-4-7(12)9(10)13/h4-5H,2-3,6H2,1H3,(H2,14,15,17). The highest BCUT2D eigenvalue weighted by Crippen LogP contribution is 2.28. The normalized spacial score (nSPS) is 10.1. The molecule has 6 nitrogen and oxygen atoms in total. The van der Waals surface area contributed by atoms with E-state index in [1.807, 2.05) is 12.2 Å². The van der Waals surface area contributed by atoms with Crippen LogP contribution >= 0.6 is 0 Å². The highest BCUT2D eigenvalue weighted by molar-refractivity contribution is 5.91. The van der Waals surface area contributed by atoms with Crippen LogP contribution in [0.2, 0.25) is 0 Å². The van der Waals surface area contributed by atoms with Crippen molar-refractivity contribution in [2.75, 3.05) is 11.9 Å². The molecule has 0 spiro atoms. The molecular weight excluding hydrogens is 260 g/mol. The molecule has 0 atom stereocenters. The number of nitrogens with one attached hydrogen (secondary N) is 2. The lowest BCUT2D eigenvalue weighted by Crippen LogP contribution is -2.30. The van der Waals surface area contributed by atoms with E-state index >= 15 is 0 Å². The Morgan fingerprint density at radius 3 is 2.68 bits per heavy atom. The summed E-state index contributed by atoms with van der Waals surface area (Å²) in [6, 6.07) is 0.606. The minimum absolute atomic E-state index is 0.340. The average Bonchev–Trinajstić information content (AvgIpc) is 2.35. The molecular formula is C11H13F2N3O3. The number of hydrogen-bond donors (Lipinski definition) is 2. The van der Waals surface area contributed by atoms with E-state index in [0.29, 0.717) is 19.0 Å². The van der Waals surface area contributed by atoms with Gasteiger partial charge < -0.3 is 5.32 Å². The van der Waals surface area contributed by atoms with Crippen LogP contribution in [0.1, 0.15) is 19.8 Å². The van der Waals surface area contributed by atoms with Crippen LogP contribution in [0.3, 0.4) is 0 Å². The highest BCUT2D eigenvalue weighted by Gasteiger charge is 2.23. The van der Waals surface area contributed by atoms with Crippen molar-refractivity contribution in [2.45, 2.75) is 19.8 Å². The number of rotatable bonds is 5. The predicted octanol–water partition coefficient (Wildman–Crippen LogP) is 2.79. The van der Waals surface area contributed by atoms with Crippen LogP contribution in [0, 0.1) is 21.7 Å². The van der Waals surface area contributed by atoms with Crippen molar-refractivity contribution in [3.63, 3.8) is 0 Å². The van der Waals surface area contributed by atoms with Crippen LogP contribution in [-0.4, -0.2) is 17.5 Å². The van der Waals surface area contributed by atoms with E-state index in [2.05, 4.69) is 5.32 Å². The zero-order valence-electron chi connectivity index (χ0n) is 10.2. The number of amides is 2. The summed E-state index contributed by atoms with van der Waals surface area (Å²) in [5, 5.41) is 15.0. The van der Waals surface area contributed by atoms with Gasteiger partial charge in [0, 0.05) is 12.6 Å². The number of benzene rings is 1. The number of urea groups is 1. The molecule has 104 valence electrons. The fourth-order valence-electron chi connectivity index (χ4n) is 1.35. The molecule has 0 saturated heterocycles. The van der Waals surface area contributed by atoms with Gasteiger partial charge in [0.25, 0.3) is 5.69 Å². The Hall–Kier alpha value is -2.25. The summed E-state index contributed by atoms with van der Waals surface area (Å²) in [6.45, 7) is 2.25. The molecule has 0 aliphatic rings.